The van der Waals surface area contributed by atoms with Gasteiger partial charge in [-0.25, -0.2) is 0 Å². The molecule has 0 saturated heterocycles. The van der Waals surface area contributed by atoms with Crippen molar-refractivity contribution in [3.8, 4) is 0 Å². The first-order valence-electron chi connectivity index (χ1n) is 6.21. The number of carbonyl (C=O) groups excluding carboxylic acids is 1. The van der Waals surface area contributed by atoms with Gasteiger partial charge in [0, 0.05) is 0 Å². The summed E-state index contributed by atoms with van der Waals surface area (Å²) in [6.45, 7) is 8.88. The second-order valence-electron chi connectivity index (χ2n) is 5.67. The standard InChI is InChI=1S/C14H22.CH2O/c1-11(2)5-4-8-14(3)10-12-6-7-13(14)9-12;1-2/h5-7,12-13H,4,8-10H2,1-3H3;1H2/t12?,13?,14-;/m0./s1. The third kappa shape index (κ3) is 2.84. The minimum atomic E-state index is 0.616. The monoisotopic (exact) mass is 220 g/mol. The minimum absolute atomic E-state index is 0.616. The maximum atomic E-state index is 8.00. The van der Waals surface area contributed by atoms with Crippen LogP contribution in [-0.2, 0) is 4.79 Å². The van der Waals surface area contributed by atoms with Crippen molar-refractivity contribution in [1.82, 2.24) is 0 Å². The van der Waals surface area contributed by atoms with E-state index in [2.05, 4.69) is 39.0 Å². The summed E-state index contributed by atoms with van der Waals surface area (Å²) in [7, 11) is 0. The lowest BCUT2D eigenvalue weighted by atomic mass is 9.74. The van der Waals surface area contributed by atoms with Gasteiger partial charge in [-0.3, -0.25) is 0 Å². The lowest BCUT2D eigenvalue weighted by Gasteiger charge is -2.31. The summed E-state index contributed by atoms with van der Waals surface area (Å²) in [4.78, 5) is 8.00. The first-order chi connectivity index (χ1) is 7.60. The molecule has 0 radical (unpaired) electrons. The molecule has 2 unspecified atom stereocenters. The number of fused-ring (bicyclic) bond motifs is 2. The van der Waals surface area contributed by atoms with E-state index in [0.29, 0.717) is 5.41 Å². The average Bonchev–Trinajstić information content (AvgIpc) is 2.79. The molecule has 90 valence electrons. The molecule has 0 heterocycles. The smallest absolute Gasteiger partial charge is 0.106 e. The number of hydrogen-bond donors (Lipinski definition) is 0. The van der Waals surface area contributed by atoms with Gasteiger partial charge in [-0.2, -0.15) is 0 Å². The van der Waals surface area contributed by atoms with Crippen LogP contribution in [0.4, 0.5) is 0 Å². The first-order valence-corrected chi connectivity index (χ1v) is 6.21. The summed E-state index contributed by atoms with van der Waals surface area (Å²) < 4.78 is 0. The number of carbonyl (C=O) groups is 1. The van der Waals surface area contributed by atoms with Gasteiger partial charge in [0.05, 0.1) is 0 Å². The van der Waals surface area contributed by atoms with Gasteiger partial charge in [-0.05, 0) is 56.8 Å². The molecule has 0 amide bonds. The number of allylic oxidation sites excluding steroid dienone is 4. The summed E-state index contributed by atoms with van der Waals surface area (Å²) in [5, 5.41) is 0. The van der Waals surface area contributed by atoms with E-state index in [9.17, 15) is 0 Å². The highest BCUT2D eigenvalue weighted by molar-refractivity contribution is 5.14. The molecule has 0 aliphatic heterocycles. The highest BCUT2D eigenvalue weighted by Crippen LogP contribution is 2.54. The molecule has 2 aliphatic carbocycles. The SMILES string of the molecule is C=O.CC(C)=CCC[C@@]1(C)CC2C=CC1C2. The van der Waals surface area contributed by atoms with E-state index in [-0.39, 0.29) is 0 Å². The molecule has 1 heteroatoms. The summed E-state index contributed by atoms with van der Waals surface area (Å²) in [6.07, 6.45) is 12.8. The van der Waals surface area contributed by atoms with Gasteiger partial charge in [0.1, 0.15) is 6.79 Å². The van der Waals surface area contributed by atoms with Crippen LogP contribution in [0.15, 0.2) is 23.8 Å². The van der Waals surface area contributed by atoms with Crippen LogP contribution in [0.3, 0.4) is 0 Å². The zero-order valence-electron chi connectivity index (χ0n) is 10.8. The van der Waals surface area contributed by atoms with Crippen molar-refractivity contribution in [2.24, 2.45) is 17.3 Å². The Morgan fingerprint density at radius 3 is 2.56 bits per heavy atom. The Balaban J connectivity index is 0.000000606. The van der Waals surface area contributed by atoms with Gasteiger partial charge in [-0.15, -0.1) is 0 Å². The van der Waals surface area contributed by atoms with Crippen LogP contribution in [0, 0.1) is 17.3 Å². The van der Waals surface area contributed by atoms with E-state index >= 15 is 0 Å². The fraction of sp³-hybridized carbons (Fsp3) is 0.667. The van der Waals surface area contributed by atoms with Gasteiger partial charge >= 0.3 is 0 Å². The predicted octanol–water partition coefficient (Wildman–Crippen LogP) is 4.15. The molecular formula is C15H24O. The van der Waals surface area contributed by atoms with Crippen LogP contribution < -0.4 is 0 Å². The minimum Gasteiger partial charge on any atom is -0.307 e. The molecule has 2 aliphatic rings. The molecule has 0 N–H and O–H groups in total. The van der Waals surface area contributed by atoms with Crippen molar-refractivity contribution in [2.75, 3.05) is 0 Å². The molecule has 0 aromatic carbocycles. The molecule has 2 bridgehead atoms. The lowest BCUT2D eigenvalue weighted by Crippen LogP contribution is -2.21. The van der Waals surface area contributed by atoms with Gasteiger partial charge in [-0.1, -0.05) is 30.7 Å². The molecule has 1 nitrogen and oxygen atoms in total. The van der Waals surface area contributed by atoms with Crippen LogP contribution in [-0.4, -0.2) is 6.79 Å². The first kappa shape index (κ1) is 13.2. The Morgan fingerprint density at radius 2 is 2.12 bits per heavy atom. The van der Waals surface area contributed by atoms with Crippen LogP contribution in [0.5, 0.6) is 0 Å². The van der Waals surface area contributed by atoms with Crippen molar-refractivity contribution >= 4 is 6.79 Å². The van der Waals surface area contributed by atoms with Gasteiger partial charge in [0.25, 0.3) is 0 Å². The summed E-state index contributed by atoms with van der Waals surface area (Å²) in [5.74, 6) is 1.80. The Hall–Kier alpha value is -0.850. The van der Waals surface area contributed by atoms with E-state index in [1.54, 1.807) is 0 Å². The third-order valence-electron chi connectivity index (χ3n) is 4.06. The van der Waals surface area contributed by atoms with E-state index in [0.717, 1.165) is 11.8 Å². The zero-order chi connectivity index (χ0) is 12.2. The summed E-state index contributed by atoms with van der Waals surface area (Å²) >= 11 is 0. The summed E-state index contributed by atoms with van der Waals surface area (Å²) in [6, 6.07) is 0. The van der Waals surface area contributed by atoms with Crippen molar-refractivity contribution in [3.63, 3.8) is 0 Å². The van der Waals surface area contributed by atoms with Gasteiger partial charge in [0.15, 0.2) is 0 Å². The van der Waals surface area contributed by atoms with Crippen molar-refractivity contribution < 1.29 is 4.79 Å². The third-order valence-corrected chi connectivity index (χ3v) is 4.06. The second-order valence-corrected chi connectivity index (χ2v) is 5.67. The maximum Gasteiger partial charge on any atom is 0.106 e. The zero-order valence-corrected chi connectivity index (χ0v) is 10.8. The number of hydrogen-bond acceptors (Lipinski definition) is 1. The molecule has 3 atom stereocenters. The molecular weight excluding hydrogens is 196 g/mol. The van der Waals surface area contributed by atoms with Crippen LogP contribution >= 0.6 is 0 Å². The maximum absolute atomic E-state index is 8.00. The molecule has 2 rings (SSSR count). The van der Waals surface area contributed by atoms with Crippen LogP contribution in [0.25, 0.3) is 0 Å². The predicted molar refractivity (Wildman–Crippen MR) is 69.2 cm³/mol. The van der Waals surface area contributed by atoms with Gasteiger partial charge in [0.2, 0.25) is 0 Å². The van der Waals surface area contributed by atoms with Crippen LogP contribution in [0.2, 0.25) is 0 Å². The fourth-order valence-electron chi connectivity index (χ4n) is 3.17. The van der Waals surface area contributed by atoms with Crippen molar-refractivity contribution in [2.45, 2.75) is 46.5 Å². The Kier molecular flexibility index (Phi) is 4.52. The van der Waals surface area contributed by atoms with E-state index in [4.69, 9.17) is 4.79 Å². The van der Waals surface area contributed by atoms with E-state index in [1.165, 1.54) is 31.3 Å². The van der Waals surface area contributed by atoms with Crippen molar-refractivity contribution in [3.05, 3.63) is 23.8 Å². The Bertz CT molecular complexity index is 286. The molecule has 0 aromatic rings. The largest absolute Gasteiger partial charge is 0.307 e. The topological polar surface area (TPSA) is 17.1 Å². The highest BCUT2D eigenvalue weighted by Gasteiger charge is 2.43. The second kappa shape index (κ2) is 5.47. The quantitative estimate of drug-likeness (QED) is 0.653. The van der Waals surface area contributed by atoms with Crippen molar-refractivity contribution in [1.29, 1.82) is 0 Å². The lowest BCUT2D eigenvalue weighted by molar-refractivity contribution is -0.0979. The Labute approximate surface area is 99.6 Å². The molecule has 1 fully saturated rings. The highest BCUT2D eigenvalue weighted by atomic mass is 16.1. The fourth-order valence-corrected chi connectivity index (χ4v) is 3.17. The normalized spacial score (nSPS) is 34.4. The molecule has 0 aromatic heterocycles. The number of rotatable bonds is 3. The average molecular weight is 220 g/mol. The summed E-state index contributed by atoms with van der Waals surface area (Å²) in [5.41, 5.74) is 2.08. The van der Waals surface area contributed by atoms with E-state index in [1.807, 2.05) is 6.79 Å². The van der Waals surface area contributed by atoms with E-state index < -0.39 is 0 Å². The molecule has 16 heavy (non-hydrogen) atoms. The van der Waals surface area contributed by atoms with Gasteiger partial charge < -0.3 is 4.79 Å². The Morgan fingerprint density at radius 1 is 1.44 bits per heavy atom. The van der Waals surface area contributed by atoms with Crippen LogP contribution in [0.1, 0.15) is 46.5 Å². The molecule has 0 spiro atoms. The molecule has 1 saturated carbocycles.